The Kier molecular flexibility index (Phi) is 4.80. The minimum Gasteiger partial charge on any atom is -0.444 e. The van der Waals surface area contributed by atoms with Crippen molar-refractivity contribution in [2.75, 3.05) is 5.32 Å². The zero-order chi connectivity index (χ0) is 13.7. The maximum Gasteiger partial charge on any atom is 0.291 e. The summed E-state index contributed by atoms with van der Waals surface area (Å²) in [6.07, 6.45) is 3.45. The van der Waals surface area contributed by atoms with Crippen LogP contribution < -0.4 is 5.32 Å². The average molecular weight is 322 g/mol. The molecule has 1 aromatic carbocycles. The van der Waals surface area contributed by atoms with Gasteiger partial charge >= 0.3 is 0 Å². The Bertz CT molecular complexity index is 546. The number of benzene rings is 1. The summed E-state index contributed by atoms with van der Waals surface area (Å²) in [7, 11) is 0. The van der Waals surface area contributed by atoms with Crippen molar-refractivity contribution < 1.29 is 9.21 Å². The van der Waals surface area contributed by atoms with Gasteiger partial charge in [-0.05, 0) is 58.6 Å². The Morgan fingerprint density at radius 3 is 2.53 bits per heavy atom. The zero-order valence-corrected chi connectivity index (χ0v) is 12.4. The summed E-state index contributed by atoms with van der Waals surface area (Å²) in [5.74, 6) is 0.0499. The SMILES string of the molecule is CCCCc1ccc(NC(=O)c2ccc(Br)o2)cc1. The third kappa shape index (κ3) is 3.96. The van der Waals surface area contributed by atoms with E-state index in [-0.39, 0.29) is 5.91 Å². The van der Waals surface area contributed by atoms with Crippen molar-refractivity contribution >= 4 is 27.5 Å². The lowest BCUT2D eigenvalue weighted by molar-refractivity contribution is 0.0995. The van der Waals surface area contributed by atoms with E-state index in [9.17, 15) is 4.79 Å². The van der Waals surface area contributed by atoms with Gasteiger partial charge in [0.1, 0.15) is 0 Å². The Labute approximate surface area is 121 Å². The number of amides is 1. The predicted molar refractivity (Wildman–Crippen MR) is 79.4 cm³/mol. The highest BCUT2D eigenvalue weighted by atomic mass is 79.9. The number of rotatable bonds is 5. The fourth-order valence-corrected chi connectivity index (χ4v) is 2.07. The van der Waals surface area contributed by atoms with E-state index in [1.54, 1.807) is 12.1 Å². The number of carbonyl (C=O) groups excluding carboxylic acids is 1. The molecule has 2 rings (SSSR count). The monoisotopic (exact) mass is 321 g/mol. The van der Waals surface area contributed by atoms with Crippen LogP contribution in [0.2, 0.25) is 0 Å². The summed E-state index contributed by atoms with van der Waals surface area (Å²) < 4.78 is 5.75. The number of hydrogen-bond acceptors (Lipinski definition) is 2. The second-order valence-corrected chi connectivity index (χ2v) is 5.14. The molecule has 4 heteroatoms. The van der Waals surface area contributed by atoms with Crippen molar-refractivity contribution in [3.63, 3.8) is 0 Å². The van der Waals surface area contributed by atoms with Gasteiger partial charge in [0.15, 0.2) is 10.4 Å². The molecule has 0 aliphatic heterocycles. The molecule has 1 amide bonds. The third-order valence-corrected chi connectivity index (χ3v) is 3.25. The van der Waals surface area contributed by atoms with Crippen molar-refractivity contribution in [2.45, 2.75) is 26.2 Å². The van der Waals surface area contributed by atoms with Crippen LogP contribution >= 0.6 is 15.9 Å². The molecule has 0 saturated carbocycles. The van der Waals surface area contributed by atoms with Gasteiger partial charge in [0, 0.05) is 5.69 Å². The van der Waals surface area contributed by atoms with Crippen molar-refractivity contribution in [3.8, 4) is 0 Å². The Balaban J connectivity index is 1.97. The van der Waals surface area contributed by atoms with Crippen molar-refractivity contribution in [1.82, 2.24) is 0 Å². The Morgan fingerprint density at radius 1 is 1.21 bits per heavy atom. The van der Waals surface area contributed by atoms with Gasteiger partial charge in [0.05, 0.1) is 0 Å². The van der Waals surface area contributed by atoms with E-state index in [1.165, 1.54) is 18.4 Å². The first-order valence-corrected chi connectivity index (χ1v) is 7.14. The number of halogens is 1. The lowest BCUT2D eigenvalue weighted by Gasteiger charge is -2.05. The largest absolute Gasteiger partial charge is 0.444 e. The number of hydrogen-bond donors (Lipinski definition) is 1. The summed E-state index contributed by atoms with van der Waals surface area (Å²) >= 11 is 3.17. The van der Waals surface area contributed by atoms with Gasteiger partial charge in [0.2, 0.25) is 0 Å². The van der Waals surface area contributed by atoms with E-state index in [1.807, 2.05) is 24.3 Å². The lowest BCUT2D eigenvalue weighted by atomic mass is 10.1. The molecule has 0 spiro atoms. The van der Waals surface area contributed by atoms with E-state index in [0.717, 1.165) is 12.1 Å². The number of carbonyl (C=O) groups is 1. The topological polar surface area (TPSA) is 42.2 Å². The molecule has 19 heavy (non-hydrogen) atoms. The molecule has 3 nitrogen and oxygen atoms in total. The highest BCUT2D eigenvalue weighted by Gasteiger charge is 2.10. The molecule has 1 N–H and O–H groups in total. The number of furan rings is 1. The molecule has 0 fully saturated rings. The molecule has 100 valence electrons. The van der Waals surface area contributed by atoms with Gasteiger partial charge in [-0.25, -0.2) is 0 Å². The molecule has 0 aliphatic rings. The zero-order valence-electron chi connectivity index (χ0n) is 10.8. The van der Waals surface area contributed by atoms with Crippen LogP contribution in [-0.2, 0) is 6.42 Å². The number of anilines is 1. The summed E-state index contributed by atoms with van der Waals surface area (Å²) in [5, 5.41) is 2.80. The van der Waals surface area contributed by atoms with Crippen molar-refractivity contribution in [2.24, 2.45) is 0 Å². The molecule has 0 radical (unpaired) electrons. The quantitative estimate of drug-likeness (QED) is 0.871. The highest BCUT2D eigenvalue weighted by molar-refractivity contribution is 9.10. The first kappa shape index (κ1) is 13.9. The lowest BCUT2D eigenvalue weighted by Crippen LogP contribution is -2.10. The van der Waals surface area contributed by atoms with Gasteiger partial charge < -0.3 is 9.73 Å². The molecule has 0 aliphatic carbocycles. The first-order valence-electron chi connectivity index (χ1n) is 6.34. The number of nitrogens with one attached hydrogen (secondary N) is 1. The maximum atomic E-state index is 11.9. The molecular weight excluding hydrogens is 306 g/mol. The minimum absolute atomic E-state index is 0.244. The van der Waals surface area contributed by atoms with Gasteiger partial charge in [-0.3, -0.25) is 4.79 Å². The van der Waals surface area contributed by atoms with Crippen LogP contribution in [-0.4, -0.2) is 5.91 Å². The van der Waals surface area contributed by atoms with Crippen molar-refractivity contribution in [1.29, 1.82) is 0 Å². The van der Waals surface area contributed by atoms with Crippen LogP contribution in [0.15, 0.2) is 45.5 Å². The summed E-state index contributed by atoms with van der Waals surface area (Å²) in [4.78, 5) is 11.9. The normalized spacial score (nSPS) is 10.4. The molecule has 0 bridgehead atoms. The van der Waals surface area contributed by atoms with E-state index < -0.39 is 0 Å². The van der Waals surface area contributed by atoms with Gasteiger partial charge in [0.25, 0.3) is 5.91 Å². The highest BCUT2D eigenvalue weighted by Crippen LogP contribution is 2.17. The molecule has 0 saturated heterocycles. The van der Waals surface area contributed by atoms with Gasteiger partial charge in [-0.1, -0.05) is 25.5 Å². The maximum absolute atomic E-state index is 11.9. The molecule has 1 heterocycles. The van der Waals surface area contributed by atoms with E-state index in [2.05, 4.69) is 28.2 Å². The standard InChI is InChI=1S/C15H16BrNO2/c1-2-3-4-11-5-7-12(8-6-11)17-15(18)13-9-10-14(16)19-13/h5-10H,2-4H2,1H3,(H,17,18). The second kappa shape index (κ2) is 6.57. The van der Waals surface area contributed by atoms with E-state index in [4.69, 9.17) is 4.42 Å². The van der Waals surface area contributed by atoms with E-state index >= 15 is 0 Å². The average Bonchev–Trinajstić information content (AvgIpc) is 2.85. The van der Waals surface area contributed by atoms with Crippen LogP contribution in [0, 0.1) is 0 Å². The minimum atomic E-state index is -0.244. The third-order valence-electron chi connectivity index (χ3n) is 2.83. The fourth-order valence-electron chi connectivity index (χ4n) is 1.76. The molecule has 0 unspecified atom stereocenters. The smallest absolute Gasteiger partial charge is 0.291 e. The summed E-state index contributed by atoms with van der Waals surface area (Å²) in [6, 6.07) is 11.3. The number of aryl methyl sites for hydroxylation is 1. The Hall–Kier alpha value is -1.55. The van der Waals surface area contributed by atoms with Crippen LogP contribution in [0.25, 0.3) is 0 Å². The van der Waals surface area contributed by atoms with Crippen LogP contribution in [0.5, 0.6) is 0 Å². The molecular formula is C15H16BrNO2. The molecule has 1 aromatic heterocycles. The van der Waals surface area contributed by atoms with E-state index in [0.29, 0.717) is 10.4 Å². The molecule has 0 atom stereocenters. The van der Waals surface area contributed by atoms with Crippen LogP contribution in [0.1, 0.15) is 35.9 Å². The van der Waals surface area contributed by atoms with Gasteiger partial charge in [-0.15, -0.1) is 0 Å². The van der Waals surface area contributed by atoms with Crippen LogP contribution in [0.4, 0.5) is 5.69 Å². The summed E-state index contributed by atoms with van der Waals surface area (Å²) in [6.45, 7) is 2.18. The second-order valence-electron chi connectivity index (χ2n) is 4.36. The van der Waals surface area contributed by atoms with Crippen LogP contribution in [0.3, 0.4) is 0 Å². The predicted octanol–water partition coefficient (Wildman–Crippen LogP) is 4.64. The van der Waals surface area contributed by atoms with Gasteiger partial charge in [-0.2, -0.15) is 0 Å². The number of unbranched alkanes of at least 4 members (excludes halogenated alkanes) is 1. The molecule has 2 aromatic rings. The first-order chi connectivity index (χ1) is 9.19. The fraction of sp³-hybridized carbons (Fsp3) is 0.267. The summed E-state index contributed by atoms with van der Waals surface area (Å²) in [5.41, 5.74) is 2.07. The van der Waals surface area contributed by atoms with Crippen molar-refractivity contribution in [3.05, 3.63) is 52.4 Å². The Morgan fingerprint density at radius 2 is 1.95 bits per heavy atom.